The summed E-state index contributed by atoms with van der Waals surface area (Å²) in [5.41, 5.74) is 5.00. The fourth-order valence-electron chi connectivity index (χ4n) is 5.29. The lowest BCUT2D eigenvalue weighted by atomic mass is 10.0. The molecule has 1 aliphatic rings. The van der Waals surface area contributed by atoms with Gasteiger partial charge in [-0.05, 0) is 67.9 Å². The van der Waals surface area contributed by atoms with Crippen LogP contribution in [0.5, 0.6) is 0 Å². The molecule has 188 valence electrons. The fraction of sp³-hybridized carbons (Fsp3) is 0.172. The molecular weight excluding hydrogens is 484 g/mol. The van der Waals surface area contributed by atoms with Crippen LogP contribution in [0.4, 0.5) is 8.78 Å². The molecule has 0 unspecified atom stereocenters. The summed E-state index contributed by atoms with van der Waals surface area (Å²) in [6.45, 7) is 2.96. The van der Waals surface area contributed by atoms with E-state index in [0.717, 1.165) is 25.2 Å². The quantitative estimate of drug-likeness (QED) is 0.294. The van der Waals surface area contributed by atoms with Crippen molar-refractivity contribution in [1.29, 1.82) is 0 Å². The molecule has 0 aliphatic carbocycles. The highest BCUT2D eigenvalue weighted by molar-refractivity contribution is 5.98. The van der Waals surface area contributed by atoms with Crippen LogP contribution in [0, 0.1) is 11.6 Å². The smallest absolute Gasteiger partial charge is 0.159 e. The van der Waals surface area contributed by atoms with Crippen molar-refractivity contribution in [3.8, 4) is 33.9 Å². The van der Waals surface area contributed by atoms with Crippen molar-refractivity contribution in [2.45, 2.75) is 19.4 Å². The lowest BCUT2D eigenvalue weighted by molar-refractivity contribution is 0.331. The van der Waals surface area contributed by atoms with Gasteiger partial charge < -0.3 is 4.98 Å². The Labute approximate surface area is 216 Å². The van der Waals surface area contributed by atoms with E-state index < -0.39 is 11.6 Å². The van der Waals surface area contributed by atoms with Crippen LogP contribution in [0.15, 0.2) is 67.1 Å². The molecule has 0 bridgehead atoms. The summed E-state index contributed by atoms with van der Waals surface area (Å²) in [5, 5.41) is 7.63. The standard InChI is InChI=1S/C29H23F2N7/c30-21-6-2-1-5-20(21)26-27-23(9-10-33-26)34-29(35-27)28-24-22(36-37-28)8-7-19(25(24)31)18-13-17(14-32-15-18)16-38-11-3-4-12-38/h1-2,5-10,13-15H,3-4,11-12,16H2,(H,34,35)(H,36,37). The first-order valence-corrected chi connectivity index (χ1v) is 12.6. The van der Waals surface area contributed by atoms with Crippen LogP contribution in [0.1, 0.15) is 18.4 Å². The average molecular weight is 508 g/mol. The Hall–Kier alpha value is -4.50. The van der Waals surface area contributed by atoms with Gasteiger partial charge in [0.15, 0.2) is 5.82 Å². The Bertz CT molecular complexity index is 1800. The molecule has 38 heavy (non-hydrogen) atoms. The Morgan fingerprint density at radius 1 is 0.895 bits per heavy atom. The van der Waals surface area contributed by atoms with Crippen molar-refractivity contribution < 1.29 is 8.78 Å². The number of fused-ring (bicyclic) bond motifs is 2. The van der Waals surface area contributed by atoms with Crippen LogP contribution in [-0.4, -0.2) is 48.1 Å². The summed E-state index contributed by atoms with van der Waals surface area (Å²) in [6.07, 6.45) is 7.54. The largest absolute Gasteiger partial charge is 0.336 e. The van der Waals surface area contributed by atoms with Gasteiger partial charge in [-0.1, -0.05) is 12.1 Å². The predicted octanol–water partition coefficient (Wildman–Crippen LogP) is 6.10. The van der Waals surface area contributed by atoms with E-state index >= 15 is 4.39 Å². The topological polar surface area (TPSA) is 86.4 Å². The first-order valence-electron chi connectivity index (χ1n) is 12.6. The lowest BCUT2D eigenvalue weighted by Gasteiger charge is -2.15. The van der Waals surface area contributed by atoms with Crippen LogP contribution in [0.2, 0.25) is 0 Å². The van der Waals surface area contributed by atoms with Crippen molar-refractivity contribution in [1.82, 2.24) is 35.0 Å². The Morgan fingerprint density at radius 2 is 1.76 bits per heavy atom. The van der Waals surface area contributed by atoms with Crippen LogP contribution >= 0.6 is 0 Å². The number of hydrogen-bond acceptors (Lipinski definition) is 5. The molecule has 5 heterocycles. The zero-order valence-corrected chi connectivity index (χ0v) is 20.4. The van der Waals surface area contributed by atoms with Gasteiger partial charge in [-0.2, -0.15) is 5.10 Å². The molecule has 1 aliphatic heterocycles. The highest BCUT2D eigenvalue weighted by Crippen LogP contribution is 2.35. The van der Waals surface area contributed by atoms with Crippen LogP contribution in [0.3, 0.4) is 0 Å². The Kier molecular flexibility index (Phi) is 5.44. The molecule has 2 N–H and O–H groups in total. The van der Waals surface area contributed by atoms with Crippen LogP contribution < -0.4 is 0 Å². The average Bonchev–Trinajstić information content (AvgIpc) is 3.69. The van der Waals surface area contributed by atoms with Gasteiger partial charge in [-0.25, -0.2) is 13.8 Å². The third-order valence-electron chi connectivity index (χ3n) is 7.13. The molecule has 4 aromatic heterocycles. The maximum atomic E-state index is 16.1. The number of nitrogens with one attached hydrogen (secondary N) is 2. The van der Waals surface area contributed by atoms with Crippen LogP contribution in [-0.2, 0) is 6.54 Å². The molecule has 9 heteroatoms. The molecule has 0 amide bonds. The number of aromatic amines is 2. The van der Waals surface area contributed by atoms with Crippen molar-refractivity contribution in [2.24, 2.45) is 0 Å². The summed E-state index contributed by atoms with van der Waals surface area (Å²) in [7, 11) is 0. The van der Waals surface area contributed by atoms with E-state index in [-0.39, 0.29) is 0 Å². The fourth-order valence-corrected chi connectivity index (χ4v) is 5.29. The number of pyridine rings is 2. The zero-order valence-electron chi connectivity index (χ0n) is 20.4. The molecule has 1 saturated heterocycles. The highest BCUT2D eigenvalue weighted by atomic mass is 19.1. The second kappa shape index (κ2) is 9.11. The third-order valence-corrected chi connectivity index (χ3v) is 7.13. The van der Waals surface area contributed by atoms with Gasteiger partial charge in [-0.3, -0.25) is 20.0 Å². The van der Waals surface area contributed by atoms with Crippen LogP contribution in [0.25, 0.3) is 55.8 Å². The summed E-state index contributed by atoms with van der Waals surface area (Å²) >= 11 is 0. The van der Waals surface area contributed by atoms with Gasteiger partial charge in [0.05, 0.1) is 16.4 Å². The molecule has 7 rings (SSSR count). The number of halogens is 2. The highest BCUT2D eigenvalue weighted by Gasteiger charge is 2.21. The predicted molar refractivity (Wildman–Crippen MR) is 142 cm³/mol. The number of H-pyrrole nitrogens is 2. The maximum Gasteiger partial charge on any atom is 0.159 e. The monoisotopic (exact) mass is 507 g/mol. The molecule has 0 spiro atoms. The van der Waals surface area contributed by atoms with E-state index in [4.69, 9.17) is 0 Å². The van der Waals surface area contributed by atoms with Gasteiger partial charge in [0.2, 0.25) is 0 Å². The molecular formula is C29H23F2N7. The van der Waals surface area contributed by atoms with Crippen molar-refractivity contribution in [3.05, 3.63) is 84.3 Å². The number of likely N-dealkylation sites (tertiary alicyclic amines) is 1. The van der Waals surface area contributed by atoms with Gasteiger partial charge in [-0.15, -0.1) is 0 Å². The number of benzene rings is 2. The van der Waals surface area contributed by atoms with E-state index in [0.29, 0.717) is 55.8 Å². The van der Waals surface area contributed by atoms with Gasteiger partial charge in [0.25, 0.3) is 0 Å². The number of imidazole rings is 1. The number of hydrogen-bond donors (Lipinski definition) is 2. The lowest BCUT2D eigenvalue weighted by Crippen LogP contribution is -2.18. The van der Waals surface area contributed by atoms with Crippen molar-refractivity contribution in [3.63, 3.8) is 0 Å². The van der Waals surface area contributed by atoms with E-state index in [1.54, 1.807) is 42.7 Å². The van der Waals surface area contributed by atoms with Gasteiger partial charge in [0, 0.05) is 41.8 Å². The molecule has 7 nitrogen and oxygen atoms in total. The normalized spacial score (nSPS) is 14.2. The number of nitrogens with zero attached hydrogens (tertiary/aromatic N) is 5. The van der Waals surface area contributed by atoms with E-state index in [1.807, 2.05) is 18.3 Å². The Morgan fingerprint density at radius 3 is 2.63 bits per heavy atom. The van der Waals surface area contributed by atoms with E-state index in [2.05, 4.69) is 35.0 Å². The molecule has 0 radical (unpaired) electrons. The number of rotatable bonds is 5. The third kappa shape index (κ3) is 3.83. The maximum absolute atomic E-state index is 16.1. The first kappa shape index (κ1) is 22.7. The second-order valence-electron chi connectivity index (χ2n) is 9.61. The molecule has 0 saturated carbocycles. The second-order valence-corrected chi connectivity index (χ2v) is 9.61. The van der Waals surface area contributed by atoms with Gasteiger partial charge >= 0.3 is 0 Å². The molecule has 1 fully saturated rings. The van der Waals surface area contributed by atoms with E-state index in [1.165, 1.54) is 18.9 Å². The first-order chi connectivity index (χ1) is 18.7. The molecule has 6 aromatic rings. The molecule has 0 atom stereocenters. The summed E-state index contributed by atoms with van der Waals surface area (Å²) in [5.74, 6) is -0.424. The number of aromatic nitrogens is 6. The minimum Gasteiger partial charge on any atom is -0.336 e. The Balaban J connectivity index is 1.32. The van der Waals surface area contributed by atoms with Crippen molar-refractivity contribution in [2.75, 3.05) is 13.1 Å². The van der Waals surface area contributed by atoms with E-state index in [9.17, 15) is 4.39 Å². The summed E-state index contributed by atoms with van der Waals surface area (Å²) < 4.78 is 30.7. The molecule has 2 aromatic carbocycles. The van der Waals surface area contributed by atoms with Gasteiger partial charge in [0.1, 0.15) is 28.5 Å². The summed E-state index contributed by atoms with van der Waals surface area (Å²) in [6, 6.07) is 13.7. The zero-order chi connectivity index (χ0) is 25.6. The minimum atomic E-state index is -0.403. The SMILES string of the molecule is Fc1ccccc1-c1nccc2[nH]c(-c3n[nH]c4ccc(-c5cncc(CN6CCCC6)c5)c(F)c34)nc12. The minimum absolute atomic E-state index is 0.326. The van der Waals surface area contributed by atoms with Crippen molar-refractivity contribution >= 4 is 21.9 Å². The summed E-state index contributed by atoms with van der Waals surface area (Å²) in [4.78, 5) is 19.1.